The SMILES string of the molecule is CNC(C(C)C)C12CC3CC(C)(CC(C)(C3)C1)C2. The van der Waals surface area contributed by atoms with Gasteiger partial charge in [0.1, 0.15) is 0 Å². The van der Waals surface area contributed by atoms with Crippen LogP contribution < -0.4 is 5.32 Å². The Balaban J connectivity index is 1.98. The van der Waals surface area contributed by atoms with Crippen LogP contribution in [0.2, 0.25) is 0 Å². The van der Waals surface area contributed by atoms with Crippen LogP contribution in [-0.4, -0.2) is 13.1 Å². The molecule has 0 heterocycles. The summed E-state index contributed by atoms with van der Waals surface area (Å²) in [5.41, 5.74) is 1.90. The summed E-state index contributed by atoms with van der Waals surface area (Å²) in [7, 11) is 2.19. The lowest BCUT2D eigenvalue weighted by Gasteiger charge is -2.67. The molecule has 4 saturated carbocycles. The van der Waals surface area contributed by atoms with Gasteiger partial charge in [0.05, 0.1) is 0 Å². The summed E-state index contributed by atoms with van der Waals surface area (Å²) in [6, 6.07) is 0.722. The summed E-state index contributed by atoms with van der Waals surface area (Å²) in [5, 5.41) is 3.69. The Morgan fingerprint density at radius 3 is 1.89 bits per heavy atom. The predicted octanol–water partition coefficient (Wildman–Crippen LogP) is 4.23. The Hall–Kier alpha value is -0.0400. The van der Waals surface area contributed by atoms with E-state index in [1.54, 1.807) is 0 Å². The van der Waals surface area contributed by atoms with Crippen molar-refractivity contribution in [3.05, 3.63) is 0 Å². The molecule has 3 unspecified atom stereocenters. The summed E-state index contributed by atoms with van der Waals surface area (Å²) in [6.45, 7) is 9.98. The second kappa shape index (κ2) is 3.75. The first-order valence-corrected chi connectivity index (χ1v) is 7.97. The molecular formula is C17H31N. The van der Waals surface area contributed by atoms with E-state index in [1.807, 2.05) is 0 Å². The normalized spacial score (nSPS) is 52.0. The zero-order valence-corrected chi connectivity index (χ0v) is 13.0. The molecule has 1 nitrogen and oxygen atoms in total. The summed E-state index contributed by atoms with van der Waals surface area (Å²) in [6.07, 6.45) is 8.98. The largest absolute Gasteiger partial charge is 0.316 e. The minimum atomic E-state index is 0.603. The topological polar surface area (TPSA) is 12.0 Å². The fraction of sp³-hybridized carbons (Fsp3) is 1.00. The highest BCUT2D eigenvalue weighted by Gasteiger charge is 2.62. The van der Waals surface area contributed by atoms with Crippen molar-refractivity contribution >= 4 is 0 Å². The Bertz CT molecular complexity index is 328. The Kier molecular flexibility index (Phi) is 2.70. The van der Waals surface area contributed by atoms with Crippen molar-refractivity contribution in [1.29, 1.82) is 0 Å². The molecule has 4 aliphatic rings. The maximum Gasteiger partial charge on any atom is 0.0144 e. The van der Waals surface area contributed by atoms with Crippen LogP contribution in [0.3, 0.4) is 0 Å². The van der Waals surface area contributed by atoms with Crippen molar-refractivity contribution in [2.45, 2.75) is 72.3 Å². The molecule has 4 fully saturated rings. The Labute approximate surface area is 113 Å². The van der Waals surface area contributed by atoms with E-state index in [9.17, 15) is 0 Å². The fourth-order valence-corrected chi connectivity index (χ4v) is 7.23. The van der Waals surface area contributed by atoms with E-state index in [1.165, 1.54) is 38.5 Å². The highest BCUT2D eigenvalue weighted by Crippen LogP contribution is 2.70. The van der Waals surface area contributed by atoms with Crippen molar-refractivity contribution in [2.75, 3.05) is 7.05 Å². The van der Waals surface area contributed by atoms with Crippen molar-refractivity contribution in [1.82, 2.24) is 5.32 Å². The maximum atomic E-state index is 3.69. The van der Waals surface area contributed by atoms with Crippen molar-refractivity contribution < 1.29 is 0 Å². The van der Waals surface area contributed by atoms with E-state index in [2.05, 4.69) is 40.1 Å². The van der Waals surface area contributed by atoms with Crippen LogP contribution in [0.25, 0.3) is 0 Å². The molecule has 0 radical (unpaired) electrons. The number of nitrogens with one attached hydrogen (secondary N) is 1. The molecule has 18 heavy (non-hydrogen) atoms. The molecule has 0 aromatic rings. The molecule has 3 atom stereocenters. The molecule has 0 aromatic heterocycles. The molecule has 0 spiro atoms. The molecule has 0 aliphatic heterocycles. The minimum Gasteiger partial charge on any atom is -0.316 e. The van der Waals surface area contributed by atoms with Crippen molar-refractivity contribution in [2.24, 2.45) is 28.1 Å². The number of hydrogen-bond acceptors (Lipinski definition) is 1. The highest BCUT2D eigenvalue weighted by atomic mass is 14.9. The van der Waals surface area contributed by atoms with Gasteiger partial charge in [-0.3, -0.25) is 0 Å². The molecule has 0 saturated heterocycles. The van der Waals surface area contributed by atoms with Gasteiger partial charge >= 0.3 is 0 Å². The number of hydrogen-bond donors (Lipinski definition) is 1. The lowest BCUT2D eigenvalue weighted by Crippen LogP contribution is -2.62. The standard InChI is InChI=1S/C17H31N/c1-12(2)14(18-5)17-8-13-6-15(3,10-17)9-16(4,7-13)11-17/h12-14,18H,6-11H2,1-5H3. The van der Waals surface area contributed by atoms with Crippen LogP contribution in [0.4, 0.5) is 0 Å². The van der Waals surface area contributed by atoms with Crippen LogP contribution >= 0.6 is 0 Å². The lowest BCUT2D eigenvalue weighted by atomic mass is 9.38. The average molecular weight is 249 g/mol. The van der Waals surface area contributed by atoms with Crippen LogP contribution in [0, 0.1) is 28.1 Å². The molecule has 4 aliphatic carbocycles. The number of rotatable bonds is 3. The van der Waals surface area contributed by atoms with Crippen molar-refractivity contribution in [3.8, 4) is 0 Å². The van der Waals surface area contributed by atoms with E-state index >= 15 is 0 Å². The molecule has 0 amide bonds. The third-order valence-electron chi connectivity index (χ3n) is 6.31. The van der Waals surface area contributed by atoms with E-state index < -0.39 is 0 Å². The van der Waals surface area contributed by atoms with E-state index in [4.69, 9.17) is 0 Å². The van der Waals surface area contributed by atoms with Gasteiger partial charge in [-0.25, -0.2) is 0 Å². The summed E-state index contributed by atoms with van der Waals surface area (Å²) in [4.78, 5) is 0. The maximum absolute atomic E-state index is 3.69. The van der Waals surface area contributed by atoms with Gasteiger partial charge < -0.3 is 5.32 Å². The van der Waals surface area contributed by atoms with Crippen LogP contribution in [0.1, 0.15) is 66.2 Å². The van der Waals surface area contributed by atoms with E-state index in [0.29, 0.717) is 16.2 Å². The first kappa shape index (κ1) is 13.0. The average Bonchev–Trinajstić information content (AvgIpc) is 2.10. The van der Waals surface area contributed by atoms with Gasteiger partial charge in [-0.15, -0.1) is 0 Å². The minimum absolute atomic E-state index is 0.603. The van der Waals surface area contributed by atoms with Gasteiger partial charge in [-0.05, 0) is 73.7 Å². The van der Waals surface area contributed by atoms with Gasteiger partial charge in [0.15, 0.2) is 0 Å². The van der Waals surface area contributed by atoms with Crippen molar-refractivity contribution in [3.63, 3.8) is 0 Å². The molecule has 104 valence electrons. The van der Waals surface area contributed by atoms with Gasteiger partial charge in [0, 0.05) is 6.04 Å². The Morgan fingerprint density at radius 1 is 0.944 bits per heavy atom. The first-order valence-electron chi connectivity index (χ1n) is 7.97. The van der Waals surface area contributed by atoms with Crippen LogP contribution in [0.5, 0.6) is 0 Å². The monoisotopic (exact) mass is 249 g/mol. The zero-order valence-electron chi connectivity index (χ0n) is 13.0. The second-order valence-corrected chi connectivity index (χ2v) is 9.00. The first-order chi connectivity index (χ1) is 8.30. The summed E-state index contributed by atoms with van der Waals surface area (Å²) >= 11 is 0. The second-order valence-electron chi connectivity index (χ2n) is 9.00. The molecule has 0 aromatic carbocycles. The van der Waals surface area contributed by atoms with Gasteiger partial charge in [-0.1, -0.05) is 27.7 Å². The third-order valence-corrected chi connectivity index (χ3v) is 6.31. The Morgan fingerprint density at radius 2 is 1.50 bits per heavy atom. The third kappa shape index (κ3) is 1.77. The summed E-state index contributed by atoms with van der Waals surface area (Å²) < 4.78 is 0. The smallest absolute Gasteiger partial charge is 0.0144 e. The molecule has 1 N–H and O–H groups in total. The molecule has 4 bridgehead atoms. The van der Waals surface area contributed by atoms with E-state index in [0.717, 1.165) is 17.9 Å². The summed E-state index contributed by atoms with van der Waals surface area (Å²) in [5.74, 6) is 1.78. The zero-order chi connectivity index (χ0) is 13.2. The van der Waals surface area contributed by atoms with Crippen LogP contribution in [0.15, 0.2) is 0 Å². The predicted molar refractivity (Wildman–Crippen MR) is 77.5 cm³/mol. The van der Waals surface area contributed by atoms with Gasteiger partial charge in [0.2, 0.25) is 0 Å². The molecular weight excluding hydrogens is 218 g/mol. The fourth-order valence-electron chi connectivity index (χ4n) is 7.23. The van der Waals surface area contributed by atoms with E-state index in [-0.39, 0.29) is 0 Å². The lowest BCUT2D eigenvalue weighted by molar-refractivity contribution is -0.162. The van der Waals surface area contributed by atoms with Crippen LogP contribution in [-0.2, 0) is 0 Å². The van der Waals surface area contributed by atoms with Gasteiger partial charge in [-0.2, -0.15) is 0 Å². The molecule has 4 rings (SSSR count). The van der Waals surface area contributed by atoms with Gasteiger partial charge in [0.25, 0.3) is 0 Å². The highest BCUT2D eigenvalue weighted by molar-refractivity contribution is 5.13. The molecule has 1 heteroatoms. The quantitative estimate of drug-likeness (QED) is 0.789.